The highest BCUT2D eigenvalue weighted by atomic mass is 35.5. The monoisotopic (exact) mass is 281 g/mol. The van der Waals surface area contributed by atoms with Gasteiger partial charge < -0.3 is 5.32 Å². The SMILES string of the molecule is Cc1cnccc1NC(=O)c1ccc(Cl)nc1Cl. The minimum absolute atomic E-state index is 0.0757. The van der Waals surface area contributed by atoms with Gasteiger partial charge in [-0.2, -0.15) is 0 Å². The Morgan fingerprint density at radius 2 is 2.06 bits per heavy atom. The molecule has 0 atom stereocenters. The number of aryl methyl sites for hydroxylation is 1. The van der Waals surface area contributed by atoms with Crippen molar-refractivity contribution >= 4 is 34.8 Å². The molecule has 2 aromatic heterocycles. The Morgan fingerprint density at radius 3 is 2.72 bits per heavy atom. The van der Waals surface area contributed by atoms with Crippen molar-refractivity contribution in [3.63, 3.8) is 0 Å². The van der Waals surface area contributed by atoms with Gasteiger partial charge in [0, 0.05) is 18.1 Å². The highest BCUT2D eigenvalue weighted by Crippen LogP contribution is 2.19. The summed E-state index contributed by atoms with van der Waals surface area (Å²) in [5.41, 5.74) is 1.82. The van der Waals surface area contributed by atoms with Gasteiger partial charge in [0.2, 0.25) is 0 Å². The molecule has 1 N–H and O–H groups in total. The molecule has 0 aliphatic carbocycles. The van der Waals surface area contributed by atoms with Crippen LogP contribution in [-0.2, 0) is 0 Å². The van der Waals surface area contributed by atoms with Gasteiger partial charge in [-0.25, -0.2) is 4.98 Å². The van der Waals surface area contributed by atoms with Crippen molar-refractivity contribution in [3.8, 4) is 0 Å². The number of halogens is 2. The van der Waals surface area contributed by atoms with Gasteiger partial charge in [-0.05, 0) is 30.7 Å². The van der Waals surface area contributed by atoms with E-state index in [0.717, 1.165) is 5.56 Å². The fraction of sp³-hybridized carbons (Fsp3) is 0.0833. The maximum Gasteiger partial charge on any atom is 0.258 e. The van der Waals surface area contributed by atoms with Crippen LogP contribution in [0, 0.1) is 6.92 Å². The van der Waals surface area contributed by atoms with Gasteiger partial charge >= 0.3 is 0 Å². The third kappa shape index (κ3) is 2.78. The molecular weight excluding hydrogens is 273 g/mol. The van der Waals surface area contributed by atoms with E-state index in [9.17, 15) is 4.79 Å². The lowest BCUT2D eigenvalue weighted by atomic mass is 10.2. The quantitative estimate of drug-likeness (QED) is 0.859. The molecule has 0 unspecified atom stereocenters. The first kappa shape index (κ1) is 12.8. The van der Waals surface area contributed by atoms with Crippen molar-refractivity contribution in [2.75, 3.05) is 5.32 Å². The molecule has 18 heavy (non-hydrogen) atoms. The second kappa shape index (κ2) is 5.33. The van der Waals surface area contributed by atoms with E-state index in [2.05, 4.69) is 15.3 Å². The van der Waals surface area contributed by atoms with Crippen molar-refractivity contribution in [2.24, 2.45) is 0 Å². The standard InChI is InChI=1S/C12H9Cl2N3O/c1-7-6-15-5-4-9(7)16-12(18)8-2-3-10(13)17-11(8)14/h2-6H,1H3,(H,15,16,18). The molecule has 2 heterocycles. The van der Waals surface area contributed by atoms with Gasteiger partial charge in [0.05, 0.1) is 5.56 Å². The lowest BCUT2D eigenvalue weighted by Crippen LogP contribution is -2.13. The lowest BCUT2D eigenvalue weighted by Gasteiger charge is -2.08. The minimum atomic E-state index is -0.335. The summed E-state index contributed by atoms with van der Waals surface area (Å²) in [6, 6.07) is 4.76. The Hall–Kier alpha value is -1.65. The Bertz CT molecular complexity index is 602. The summed E-state index contributed by atoms with van der Waals surface area (Å²) in [5, 5.41) is 3.06. The molecule has 6 heteroatoms. The molecule has 4 nitrogen and oxygen atoms in total. The number of rotatable bonds is 2. The zero-order chi connectivity index (χ0) is 13.1. The Kier molecular flexibility index (Phi) is 3.79. The molecule has 0 spiro atoms. The van der Waals surface area contributed by atoms with Gasteiger partial charge in [-0.1, -0.05) is 23.2 Å². The third-order valence-electron chi connectivity index (χ3n) is 2.33. The van der Waals surface area contributed by atoms with Crippen molar-refractivity contribution in [1.29, 1.82) is 0 Å². The fourth-order valence-corrected chi connectivity index (χ4v) is 1.82. The number of anilines is 1. The molecule has 1 amide bonds. The van der Waals surface area contributed by atoms with Crippen molar-refractivity contribution < 1.29 is 4.79 Å². The first-order valence-electron chi connectivity index (χ1n) is 5.12. The summed E-state index contributed by atoms with van der Waals surface area (Å²) >= 11 is 11.5. The molecule has 0 aliphatic heterocycles. The fourth-order valence-electron chi connectivity index (χ4n) is 1.38. The van der Waals surface area contributed by atoms with Crippen LogP contribution >= 0.6 is 23.2 Å². The second-order valence-electron chi connectivity index (χ2n) is 3.62. The van der Waals surface area contributed by atoms with Crippen LogP contribution in [0.1, 0.15) is 15.9 Å². The average Bonchev–Trinajstić information content (AvgIpc) is 2.32. The van der Waals surface area contributed by atoms with E-state index in [4.69, 9.17) is 23.2 Å². The molecule has 92 valence electrons. The molecular formula is C12H9Cl2N3O. The van der Waals surface area contributed by atoms with Crippen molar-refractivity contribution in [2.45, 2.75) is 6.92 Å². The molecule has 0 saturated heterocycles. The summed E-state index contributed by atoms with van der Waals surface area (Å²) in [4.78, 5) is 19.8. The summed E-state index contributed by atoms with van der Waals surface area (Å²) in [5.74, 6) is -0.335. The second-order valence-corrected chi connectivity index (χ2v) is 4.36. The van der Waals surface area contributed by atoms with Crippen molar-refractivity contribution in [1.82, 2.24) is 9.97 Å². The summed E-state index contributed by atoms with van der Waals surface area (Å²) in [7, 11) is 0. The van der Waals surface area contributed by atoms with Gasteiger partial charge in [0.1, 0.15) is 10.3 Å². The number of nitrogens with zero attached hydrogens (tertiary/aromatic N) is 2. The van der Waals surface area contributed by atoms with E-state index >= 15 is 0 Å². The number of pyridine rings is 2. The number of hydrogen-bond acceptors (Lipinski definition) is 3. The van der Waals surface area contributed by atoms with Crippen LogP contribution in [0.2, 0.25) is 10.3 Å². The zero-order valence-corrected chi connectivity index (χ0v) is 11.0. The Labute approximate surface area is 114 Å². The minimum Gasteiger partial charge on any atom is -0.322 e. The third-order valence-corrected chi connectivity index (χ3v) is 2.83. The van der Waals surface area contributed by atoms with E-state index in [1.54, 1.807) is 18.5 Å². The van der Waals surface area contributed by atoms with Crippen LogP contribution in [0.5, 0.6) is 0 Å². The Morgan fingerprint density at radius 1 is 1.28 bits per heavy atom. The van der Waals surface area contributed by atoms with Gasteiger partial charge in [-0.15, -0.1) is 0 Å². The van der Waals surface area contributed by atoms with Crippen LogP contribution < -0.4 is 5.32 Å². The zero-order valence-electron chi connectivity index (χ0n) is 9.45. The highest BCUT2D eigenvalue weighted by molar-refractivity contribution is 6.35. The molecule has 0 bridgehead atoms. The predicted molar refractivity (Wildman–Crippen MR) is 71.2 cm³/mol. The molecule has 0 saturated carbocycles. The number of hydrogen-bond donors (Lipinski definition) is 1. The van der Waals surface area contributed by atoms with Crippen molar-refractivity contribution in [3.05, 3.63) is 52.0 Å². The first-order valence-corrected chi connectivity index (χ1v) is 5.87. The number of carbonyl (C=O) groups is 1. The van der Waals surface area contributed by atoms with Crippen LogP contribution in [0.3, 0.4) is 0 Å². The average molecular weight is 282 g/mol. The number of aromatic nitrogens is 2. The summed E-state index contributed by atoms with van der Waals surface area (Å²) in [6.45, 7) is 1.85. The maximum absolute atomic E-state index is 12.0. The number of amides is 1. The normalized spacial score (nSPS) is 10.2. The van der Waals surface area contributed by atoms with E-state index in [0.29, 0.717) is 5.69 Å². The van der Waals surface area contributed by atoms with Crippen LogP contribution in [0.4, 0.5) is 5.69 Å². The molecule has 0 aromatic carbocycles. The van der Waals surface area contributed by atoms with E-state index < -0.39 is 0 Å². The van der Waals surface area contributed by atoms with Crippen LogP contribution in [-0.4, -0.2) is 15.9 Å². The number of nitrogens with one attached hydrogen (secondary N) is 1. The highest BCUT2D eigenvalue weighted by Gasteiger charge is 2.12. The summed E-state index contributed by atoms with van der Waals surface area (Å²) in [6.07, 6.45) is 3.27. The molecule has 0 radical (unpaired) electrons. The molecule has 2 rings (SSSR count). The summed E-state index contributed by atoms with van der Waals surface area (Å²) < 4.78 is 0. The topological polar surface area (TPSA) is 54.9 Å². The molecule has 2 aromatic rings. The predicted octanol–water partition coefficient (Wildman–Crippen LogP) is 3.34. The van der Waals surface area contributed by atoms with Gasteiger partial charge in [-0.3, -0.25) is 9.78 Å². The smallest absolute Gasteiger partial charge is 0.258 e. The van der Waals surface area contributed by atoms with Gasteiger partial charge in [0.15, 0.2) is 0 Å². The van der Waals surface area contributed by atoms with E-state index in [1.807, 2.05) is 6.92 Å². The maximum atomic E-state index is 12.0. The first-order chi connectivity index (χ1) is 8.58. The van der Waals surface area contributed by atoms with E-state index in [-0.39, 0.29) is 21.8 Å². The van der Waals surface area contributed by atoms with Crippen LogP contribution in [0.15, 0.2) is 30.6 Å². The molecule has 0 fully saturated rings. The number of carbonyl (C=O) groups excluding carboxylic acids is 1. The Balaban J connectivity index is 2.25. The largest absolute Gasteiger partial charge is 0.322 e. The van der Waals surface area contributed by atoms with Gasteiger partial charge in [0.25, 0.3) is 5.91 Å². The molecule has 0 aliphatic rings. The lowest BCUT2D eigenvalue weighted by molar-refractivity contribution is 0.102. The van der Waals surface area contributed by atoms with E-state index in [1.165, 1.54) is 12.1 Å². The van der Waals surface area contributed by atoms with Crippen LogP contribution in [0.25, 0.3) is 0 Å².